The van der Waals surface area contributed by atoms with Gasteiger partial charge in [-0.1, -0.05) is 6.92 Å². The van der Waals surface area contributed by atoms with E-state index in [1.54, 1.807) is 6.92 Å². The van der Waals surface area contributed by atoms with Gasteiger partial charge in [0.15, 0.2) is 0 Å². The summed E-state index contributed by atoms with van der Waals surface area (Å²) in [6.07, 6.45) is 2.67. The largest absolute Gasteiger partial charge is 0.480 e. The molecule has 0 bridgehead atoms. The highest BCUT2D eigenvalue weighted by atomic mass is 16.5. The van der Waals surface area contributed by atoms with E-state index in [4.69, 9.17) is 4.74 Å². The number of ether oxygens (including phenoxy) is 1. The van der Waals surface area contributed by atoms with Crippen molar-refractivity contribution in [3.05, 3.63) is 0 Å². The van der Waals surface area contributed by atoms with E-state index in [9.17, 15) is 9.90 Å². The molecule has 1 aliphatic rings. The van der Waals surface area contributed by atoms with Crippen LogP contribution in [0.2, 0.25) is 0 Å². The van der Waals surface area contributed by atoms with E-state index in [0.29, 0.717) is 19.0 Å². The van der Waals surface area contributed by atoms with Gasteiger partial charge in [-0.3, -0.25) is 4.79 Å². The van der Waals surface area contributed by atoms with Gasteiger partial charge in [-0.2, -0.15) is 0 Å². The molecular weight excluding hydrogens is 244 g/mol. The van der Waals surface area contributed by atoms with E-state index in [2.05, 4.69) is 24.2 Å². The van der Waals surface area contributed by atoms with Crippen LogP contribution in [0.5, 0.6) is 0 Å². The Labute approximate surface area is 116 Å². The lowest BCUT2D eigenvalue weighted by molar-refractivity contribution is -0.145. The van der Waals surface area contributed by atoms with Crippen molar-refractivity contribution in [2.45, 2.75) is 57.7 Å². The number of carboxylic acid groups (broad SMARTS) is 1. The maximum Gasteiger partial charge on any atom is 0.323 e. The molecule has 2 unspecified atom stereocenters. The molecule has 112 valence electrons. The first-order chi connectivity index (χ1) is 8.90. The molecule has 2 N–H and O–H groups in total. The first-order valence-electron chi connectivity index (χ1n) is 7.19. The number of likely N-dealkylation sites (N-methyl/N-ethyl adjacent to an activating group) is 1. The van der Waals surface area contributed by atoms with Crippen molar-refractivity contribution < 1.29 is 14.6 Å². The van der Waals surface area contributed by atoms with Crippen LogP contribution in [0.3, 0.4) is 0 Å². The van der Waals surface area contributed by atoms with E-state index < -0.39 is 11.5 Å². The third-order valence-electron chi connectivity index (χ3n) is 4.20. The lowest BCUT2D eigenvalue weighted by atomic mass is 9.91. The summed E-state index contributed by atoms with van der Waals surface area (Å²) in [5.41, 5.74) is -0.854. The second-order valence-electron chi connectivity index (χ2n) is 5.73. The molecule has 2 atom stereocenters. The van der Waals surface area contributed by atoms with E-state index in [-0.39, 0.29) is 6.04 Å². The van der Waals surface area contributed by atoms with Gasteiger partial charge in [0.1, 0.15) is 5.54 Å². The molecule has 0 amide bonds. The van der Waals surface area contributed by atoms with Crippen molar-refractivity contribution in [3.8, 4) is 0 Å². The fourth-order valence-electron chi connectivity index (χ4n) is 2.81. The zero-order valence-electron chi connectivity index (χ0n) is 12.6. The van der Waals surface area contributed by atoms with Crippen molar-refractivity contribution in [1.29, 1.82) is 0 Å². The van der Waals surface area contributed by atoms with Gasteiger partial charge in [-0.15, -0.1) is 0 Å². The van der Waals surface area contributed by atoms with Crippen LogP contribution in [0.25, 0.3) is 0 Å². The molecule has 0 aromatic rings. The number of hydrogen-bond donors (Lipinski definition) is 2. The van der Waals surface area contributed by atoms with Crippen LogP contribution in [0, 0.1) is 0 Å². The molecule has 1 aliphatic heterocycles. The highest BCUT2D eigenvalue weighted by molar-refractivity contribution is 5.78. The molecule has 0 aliphatic carbocycles. The molecule has 0 aromatic carbocycles. The molecule has 5 nitrogen and oxygen atoms in total. The van der Waals surface area contributed by atoms with Crippen LogP contribution >= 0.6 is 0 Å². The summed E-state index contributed by atoms with van der Waals surface area (Å²) in [7, 11) is 2.09. The number of hydrogen-bond acceptors (Lipinski definition) is 4. The minimum Gasteiger partial charge on any atom is -0.480 e. The van der Waals surface area contributed by atoms with Crippen LogP contribution in [0.15, 0.2) is 0 Å². The van der Waals surface area contributed by atoms with Crippen molar-refractivity contribution in [1.82, 2.24) is 10.2 Å². The lowest BCUT2D eigenvalue weighted by Gasteiger charge is -2.38. The summed E-state index contributed by atoms with van der Waals surface area (Å²) < 4.78 is 5.37. The van der Waals surface area contributed by atoms with Crippen LogP contribution in [-0.4, -0.2) is 60.4 Å². The normalized spacial score (nSPS) is 22.2. The van der Waals surface area contributed by atoms with E-state index in [1.165, 1.54) is 0 Å². The number of nitrogens with one attached hydrogen (secondary N) is 1. The Morgan fingerprint density at radius 1 is 1.53 bits per heavy atom. The molecule has 19 heavy (non-hydrogen) atoms. The average Bonchev–Trinajstić information content (AvgIpc) is 2.38. The Morgan fingerprint density at radius 3 is 2.58 bits per heavy atom. The number of nitrogens with zero attached hydrogens (tertiary/aromatic N) is 1. The zero-order chi connectivity index (χ0) is 14.5. The lowest BCUT2D eigenvalue weighted by Crippen LogP contribution is -2.54. The summed E-state index contributed by atoms with van der Waals surface area (Å²) in [5.74, 6) is -0.776. The number of rotatable bonds is 7. The molecule has 1 heterocycles. The van der Waals surface area contributed by atoms with Crippen molar-refractivity contribution in [2.24, 2.45) is 0 Å². The van der Waals surface area contributed by atoms with Gasteiger partial charge in [0.05, 0.1) is 0 Å². The minimum absolute atomic E-state index is 0.225. The number of aliphatic carboxylic acids is 1. The van der Waals surface area contributed by atoms with E-state index in [0.717, 1.165) is 26.1 Å². The van der Waals surface area contributed by atoms with Gasteiger partial charge < -0.3 is 20.1 Å². The highest BCUT2D eigenvalue weighted by Gasteiger charge is 2.35. The standard InChI is InChI=1S/C14H28N2O3/c1-5-15-14(3,13(17)18)10-11(2)16(4)12-6-8-19-9-7-12/h11-12,15H,5-10H2,1-4H3,(H,17,18). The fourth-order valence-corrected chi connectivity index (χ4v) is 2.81. The monoisotopic (exact) mass is 272 g/mol. The number of carboxylic acids is 1. The van der Waals surface area contributed by atoms with Crippen molar-refractivity contribution >= 4 is 5.97 Å². The third kappa shape index (κ3) is 4.44. The molecule has 0 saturated carbocycles. The third-order valence-corrected chi connectivity index (χ3v) is 4.20. The molecule has 0 spiro atoms. The topological polar surface area (TPSA) is 61.8 Å². The average molecular weight is 272 g/mol. The first kappa shape index (κ1) is 16.4. The molecule has 5 heteroatoms. The van der Waals surface area contributed by atoms with Crippen LogP contribution in [0.4, 0.5) is 0 Å². The van der Waals surface area contributed by atoms with Crippen LogP contribution in [0.1, 0.15) is 40.0 Å². The SMILES string of the molecule is CCNC(C)(CC(C)N(C)C1CCOCC1)C(=O)O. The van der Waals surface area contributed by atoms with Crippen LogP contribution in [-0.2, 0) is 9.53 Å². The van der Waals surface area contributed by atoms with Gasteiger partial charge >= 0.3 is 5.97 Å². The maximum atomic E-state index is 11.4. The smallest absolute Gasteiger partial charge is 0.323 e. The summed E-state index contributed by atoms with van der Waals surface area (Å²) >= 11 is 0. The first-order valence-corrected chi connectivity index (χ1v) is 7.19. The summed E-state index contributed by atoms with van der Waals surface area (Å²) in [6, 6.07) is 0.728. The van der Waals surface area contributed by atoms with Gasteiger partial charge in [-0.25, -0.2) is 0 Å². The predicted octanol–water partition coefficient (Wildman–Crippen LogP) is 1.33. The highest BCUT2D eigenvalue weighted by Crippen LogP contribution is 2.21. The zero-order valence-corrected chi connectivity index (χ0v) is 12.6. The fraction of sp³-hybridized carbons (Fsp3) is 0.929. The van der Waals surface area contributed by atoms with Gasteiger partial charge in [0.2, 0.25) is 0 Å². The minimum atomic E-state index is -0.854. The van der Waals surface area contributed by atoms with Gasteiger partial charge in [0, 0.05) is 25.3 Å². The second kappa shape index (κ2) is 7.22. The molecule has 1 fully saturated rings. The Bertz CT molecular complexity index is 292. The Morgan fingerprint density at radius 2 is 2.11 bits per heavy atom. The second-order valence-corrected chi connectivity index (χ2v) is 5.73. The quantitative estimate of drug-likeness (QED) is 0.732. The Kier molecular flexibility index (Phi) is 6.23. The van der Waals surface area contributed by atoms with Gasteiger partial charge in [0.25, 0.3) is 0 Å². The van der Waals surface area contributed by atoms with Gasteiger partial charge in [-0.05, 0) is 46.7 Å². The number of carbonyl (C=O) groups is 1. The molecule has 0 radical (unpaired) electrons. The van der Waals surface area contributed by atoms with Crippen molar-refractivity contribution in [2.75, 3.05) is 26.8 Å². The summed E-state index contributed by atoms with van der Waals surface area (Å²) in [4.78, 5) is 13.8. The Balaban J connectivity index is 2.60. The predicted molar refractivity (Wildman–Crippen MR) is 75.4 cm³/mol. The molecule has 0 aromatic heterocycles. The summed E-state index contributed by atoms with van der Waals surface area (Å²) in [6.45, 7) is 8.10. The van der Waals surface area contributed by atoms with Crippen molar-refractivity contribution in [3.63, 3.8) is 0 Å². The maximum absolute atomic E-state index is 11.4. The molecular formula is C14H28N2O3. The molecule has 1 saturated heterocycles. The Hall–Kier alpha value is -0.650. The van der Waals surface area contributed by atoms with E-state index >= 15 is 0 Å². The molecule has 1 rings (SSSR count). The van der Waals surface area contributed by atoms with E-state index in [1.807, 2.05) is 6.92 Å². The van der Waals surface area contributed by atoms with Crippen LogP contribution < -0.4 is 5.32 Å². The summed E-state index contributed by atoms with van der Waals surface area (Å²) in [5, 5.41) is 12.5.